The number of nitrogens with zero attached hydrogens (tertiary/aromatic N) is 1. The summed E-state index contributed by atoms with van der Waals surface area (Å²) in [6.07, 6.45) is 0.341. The average Bonchev–Trinajstić information content (AvgIpc) is 1.96. The number of carbonyl (C=O) groups excluding carboxylic acids is 1. The topological polar surface area (TPSA) is 57.6 Å². The van der Waals surface area contributed by atoms with Crippen LogP contribution in [0.15, 0.2) is 18.4 Å². The molecule has 0 atom stereocenters. The monoisotopic (exact) mass is 169 g/mol. The summed E-state index contributed by atoms with van der Waals surface area (Å²) in [6.45, 7) is 4.69. The number of carbonyl (C=O) groups is 2. The molecule has 0 aliphatic heterocycles. The van der Waals surface area contributed by atoms with Crippen molar-refractivity contribution in [2.24, 2.45) is 0 Å². The minimum Gasteiger partial charge on any atom is -0.465 e. The summed E-state index contributed by atoms with van der Waals surface area (Å²) in [7, 11) is 0. The van der Waals surface area contributed by atoms with E-state index >= 15 is 0 Å². The van der Waals surface area contributed by atoms with Crippen LogP contribution in [-0.2, 0) is 4.79 Å². The Morgan fingerprint density at radius 2 is 2.25 bits per heavy atom. The zero-order valence-electron chi connectivity index (χ0n) is 6.91. The van der Waals surface area contributed by atoms with Crippen LogP contribution in [0.25, 0.3) is 0 Å². The first-order valence-corrected chi connectivity index (χ1v) is 3.39. The lowest BCUT2D eigenvalue weighted by atomic mass is 10.4. The van der Waals surface area contributed by atoms with E-state index in [1.54, 1.807) is 0 Å². The zero-order valence-corrected chi connectivity index (χ0v) is 6.91. The van der Waals surface area contributed by atoms with Crippen LogP contribution in [0.1, 0.15) is 6.92 Å². The number of ketones is 1. The molecule has 1 amide bonds. The Balaban J connectivity index is 4.13. The van der Waals surface area contributed by atoms with Gasteiger partial charge in [-0.1, -0.05) is 6.58 Å². The molecule has 4 nitrogen and oxygen atoms in total. The summed E-state index contributed by atoms with van der Waals surface area (Å²) < 4.78 is 0. The molecule has 66 valence electrons. The summed E-state index contributed by atoms with van der Waals surface area (Å²) in [5, 5.41) is 8.55. The van der Waals surface area contributed by atoms with E-state index in [2.05, 4.69) is 12.3 Å². The van der Waals surface area contributed by atoms with Crippen LogP contribution < -0.4 is 0 Å². The highest BCUT2D eigenvalue weighted by molar-refractivity contribution is 5.81. The molecule has 0 unspecified atom stereocenters. The van der Waals surface area contributed by atoms with Crippen LogP contribution in [0.4, 0.5) is 4.79 Å². The number of carboxylic acid groups (broad SMARTS) is 1. The van der Waals surface area contributed by atoms with Gasteiger partial charge < -0.3 is 5.11 Å². The van der Waals surface area contributed by atoms with Crippen LogP contribution in [0, 0.1) is 0 Å². The lowest BCUT2D eigenvalue weighted by molar-refractivity contribution is -0.117. The van der Waals surface area contributed by atoms with Crippen molar-refractivity contribution in [3.05, 3.63) is 18.4 Å². The molecule has 0 aliphatic rings. The molecule has 0 aliphatic carbocycles. The smallest absolute Gasteiger partial charge is 0.407 e. The number of rotatable bonds is 4. The first-order valence-electron chi connectivity index (χ1n) is 3.39. The number of hydrogen-bond donors (Lipinski definition) is 1. The van der Waals surface area contributed by atoms with E-state index in [1.807, 2.05) is 0 Å². The molecule has 0 aromatic heterocycles. The molecule has 1 N–H and O–H groups in total. The maximum absolute atomic E-state index is 10.6. The molecule has 0 aromatic carbocycles. The maximum Gasteiger partial charge on any atom is 0.407 e. The van der Waals surface area contributed by atoms with Crippen molar-refractivity contribution in [2.75, 3.05) is 13.1 Å². The van der Waals surface area contributed by atoms with E-state index in [1.165, 1.54) is 13.0 Å². The molecule has 0 saturated heterocycles. The molecular formula is C8H11NO3. The second kappa shape index (κ2) is 5.16. The quantitative estimate of drug-likeness (QED) is 0.636. The molecule has 0 bridgehead atoms. The zero-order chi connectivity index (χ0) is 9.56. The highest BCUT2D eigenvalue weighted by atomic mass is 16.4. The number of hydrogen-bond acceptors (Lipinski definition) is 2. The van der Waals surface area contributed by atoms with Gasteiger partial charge in [0.2, 0.25) is 0 Å². The number of amides is 1. The second-order valence-corrected chi connectivity index (χ2v) is 2.27. The number of Topliss-reactive ketones (excluding diaryl/α,β-unsaturated/α-hetero) is 1. The SMILES string of the molecule is C=C=CCN(CC(C)=O)C(=O)O. The first kappa shape index (κ1) is 10.5. The van der Waals surface area contributed by atoms with Gasteiger partial charge in [0.1, 0.15) is 5.78 Å². The van der Waals surface area contributed by atoms with E-state index in [-0.39, 0.29) is 18.9 Å². The summed E-state index contributed by atoms with van der Waals surface area (Å²) in [4.78, 5) is 22.0. The molecule has 0 aromatic rings. The Labute approximate surface area is 70.8 Å². The van der Waals surface area contributed by atoms with E-state index in [9.17, 15) is 9.59 Å². The largest absolute Gasteiger partial charge is 0.465 e. The van der Waals surface area contributed by atoms with Crippen molar-refractivity contribution in [1.82, 2.24) is 4.90 Å². The van der Waals surface area contributed by atoms with E-state index in [0.717, 1.165) is 4.90 Å². The normalized spacial score (nSPS) is 8.42. The third-order valence-corrected chi connectivity index (χ3v) is 1.14. The van der Waals surface area contributed by atoms with Crippen molar-refractivity contribution in [2.45, 2.75) is 6.92 Å². The Bertz CT molecular complexity index is 224. The lowest BCUT2D eigenvalue weighted by Gasteiger charge is -2.14. The van der Waals surface area contributed by atoms with Gasteiger partial charge in [-0.05, 0) is 13.0 Å². The minimum atomic E-state index is -1.11. The van der Waals surface area contributed by atoms with Crippen molar-refractivity contribution < 1.29 is 14.7 Å². The fourth-order valence-corrected chi connectivity index (χ4v) is 0.654. The van der Waals surface area contributed by atoms with E-state index < -0.39 is 6.09 Å². The minimum absolute atomic E-state index is 0.0898. The van der Waals surface area contributed by atoms with Crippen LogP contribution in [0.2, 0.25) is 0 Å². The first-order chi connectivity index (χ1) is 5.57. The van der Waals surface area contributed by atoms with Crippen LogP contribution in [0.3, 0.4) is 0 Å². The molecule has 12 heavy (non-hydrogen) atoms. The standard InChI is InChI=1S/C8H11NO3/c1-3-4-5-9(8(11)12)6-7(2)10/h4H,1,5-6H2,2H3,(H,11,12). The van der Waals surface area contributed by atoms with Crippen LogP contribution in [-0.4, -0.2) is 35.0 Å². The molecule has 0 rings (SSSR count). The van der Waals surface area contributed by atoms with Crippen molar-refractivity contribution in [3.63, 3.8) is 0 Å². The highest BCUT2D eigenvalue weighted by Gasteiger charge is 2.10. The molecule has 0 heterocycles. The van der Waals surface area contributed by atoms with Gasteiger partial charge in [0.25, 0.3) is 0 Å². The fraction of sp³-hybridized carbons (Fsp3) is 0.375. The Kier molecular flexibility index (Phi) is 4.49. The van der Waals surface area contributed by atoms with Gasteiger partial charge in [0, 0.05) is 6.54 Å². The molecule has 4 heteroatoms. The van der Waals surface area contributed by atoms with Crippen molar-refractivity contribution in [3.8, 4) is 0 Å². The molecule has 0 radical (unpaired) electrons. The summed E-state index contributed by atoms with van der Waals surface area (Å²) >= 11 is 0. The third kappa shape index (κ3) is 4.30. The van der Waals surface area contributed by atoms with E-state index in [0.29, 0.717) is 0 Å². The van der Waals surface area contributed by atoms with Gasteiger partial charge in [0.05, 0.1) is 6.54 Å². The van der Waals surface area contributed by atoms with Gasteiger partial charge in [-0.2, -0.15) is 0 Å². The molecule has 0 saturated carbocycles. The van der Waals surface area contributed by atoms with Crippen molar-refractivity contribution in [1.29, 1.82) is 0 Å². The summed E-state index contributed by atoms with van der Waals surface area (Å²) in [5.41, 5.74) is 2.43. The highest BCUT2D eigenvalue weighted by Crippen LogP contribution is 1.90. The lowest BCUT2D eigenvalue weighted by Crippen LogP contribution is -2.33. The Hall–Kier alpha value is -1.54. The van der Waals surface area contributed by atoms with Gasteiger partial charge in [-0.25, -0.2) is 4.79 Å². The Morgan fingerprint density at radius 1 is 1.67 bits per heavy atom. The van der Waals surface area contributed by atoms with Gasteiger partial charge in [0.15, 0.2) is 0 Å². The Morgan fingerprint density at radius 3 is 2.58 bits per heavy atom. The molecule has 0 spiro atoms. The van der Waals surface area contributed by atoms with Gasteiger partial charge >= 0.3 is 6.09 Å². The fourth-order valence-electron chi connectivity index (χ4n) is 0.654. The molecular weight excluding hydrogens is 158 g/mol. The van der Waals surface area contributed by atoms with Gasteiger partial charge in [-0.15, -0.1) is 5.73 Å². The summed E-state index contributed by atoms with van der Waals surface area (Å²) in [5.74, 6) is -0.185. The van der Waals surface area contributed by atoms with E-state index in [4.69, 9.17) is 5.11 Å². The predicted octanol–water partition coefficient (Wildman–Crippen LogP) is 0.896. The van der Waals surface area contributed by atoms with Crippen LogP contribution in [0.5, 0.6) is 0 Å². The third-order valence-electron chi connectivity index (χ3n) is 1.14. The summed E-state index contributed by atoms with van der Waals surface area (Å²) in [6, 6.07) is 0. The van der Waals surface area contributed by atoms with Gasteiger partial charge in [-0.3, -0.25) is 9.69 Å². The molecule has 0 fully saturated rings. The van der Waals surface area contributed by atoms with Crippen LogP contribution >= 0.6 is 0 Å². The average molecular weight is 169 g/mol. The second-order valence-electron chi connectivity index (χ2n) is 2.27. The maximum atomic E-state index is 10.6. The predicted molar refractivity (Wildman–Crippen MR) is 44.0 cm³/mol. The van der Waals surface area contributed by atoms with Crippen molar-refractivity contribution >= 4 is 11.9 Å².